The van der Waals surface area contributed by atoms with Crippen molar-refractivity contribution in [1.29, 1.82) is 0 Å². The van der Waals surface area contributed by atoms with Gasteiger partial charge < -0.3 is 29.5 Å². The number of pyridine rings is 2. The molecule has 6 rings (SSSR count). The molecule has 0 bridgehead atoms. The fraction of sp³-hybridized carbons (Fsp3) is 0.258. The summed E-state index contributed by atoms with van der Waals surface area (Å²) in [7, 11) is 0. The van der Waals surface area contributed by atoms with Gasteiger partial charge in [0.15, 0.2) is 0 Å². The van der Waals surface area contributed by atoms with Crippen molar-refractivity contribution in [3.63, 3.8) is 0 Å². The monoisotopic (exact) mass is 636 g/mol. The van der Waals surface area contributed by atoms with E-state index in [9.17, 15) is 28.7 Å². The third-order valence-corrected chi connectivity index (χ3v) is 7.92. The predicted molar refractivity (Wildman–Crippen MR) is 161 cm³/mol. The van der Waals surface area contributed by atoms with E-state index in [1.165, 1.54) is 34.6 Å². The number of hydrogen-bond acceptors (Lipinski definition) is 8. The lowest BCUT2D eigenvalue weighted by Crippen LogP contribution is -2.47. The van der Waals surface area contributed by atoms with E-state index < -0.39 is 46.6 Å². The molecule has 1 atom stereocenters. The van der Waals surface area contributed by atoms with E-state index in [-0.39, 0.29) is 54.5 Å². The van der Waals surface area contributed by atoms with Crippen LogP contribution in [0.2, 0.25) is 0 Å². The molecule has 2 amide bonds. The summed E-state index contributed by atoms with van der Waals surface area (Å²) < 4.78 is 50.9. The van der Waals surface area contributed by atoms with E-state index in [0.717, 1.165) is 24.5 Å². The number of cyclic esters (lactones) is 1. The molecule has 46 heavy (non-hydrogen) atoms. The average Bonchev–Trinajstić information content (AvgIpc) is 3.41. The molecule has 2 aromatic carbocycles. The van der Waals surface area contributed by atoms with Gasteiger partial charge in [0.25, 0.3) is 0 Å². The minimum Gasteiger partial charge on any atom is -0.477 e. The van der Waals surface area contributed by atoms with Gasteiger partial charge in [0.05, 0.1) is 47.3 Å². The van der Waals surface area contributed by atoms with Crippen molar-refractivity contribution < 1.29 is 37.4 Å². The van der Waals surface area contributed by atoms with Gasteiger partial charge in [-0.2, -0.15) is 0 Å². The molecule has 2 fully saturated rings. The zero-order valence-corrected chi connectivity index (χ0v) is 24.4. The van der Waals surface area contributed by atoms with Crippen LogP contribution in [-0.2, 0) is 9.53 Å². The summed E-state index contributed by atoms with van der Waals surface area (Å²) in [6, 6.07) is 9.23. The topological polar surface area (TPSA) is 137 Å². The Morgan fingerprint density at radius 3 is 2.30 bits per heavy atom. The van der Waals surface area contributed by atoms with E-state index in [4.69, 9.17) is 4.74 Å². The van der Waals surface area contributed by atoms with E-state index in [1.807, 2.05) is 0 Å². The van der Waals surface area contributed by atoms with E-state index >= 15 is 8.78 Å². The third-order valence-electron chi connectivity index (χ3n) is 7.92. The van der Waals surface area contributed by atoms with Gasteiger partial charge >= 0.3 is 12.1 Å². The van der Waals surface area contributed by atoms with Crippen LogP contribution in [-0.4, -0.2) is 78.0 Å². The van der Waals surface area contributed by atoms with Crippen LogP contribution in [0.15, 0.2) is 59.7 Å². The number of aromatic carboxylic acids is 1. The lowest BCUT2D eigenvalue weighted by atomic mass is 10.1. The fourth-order valence-electron chi connectivity index (χ4n) is 5.63. The zero-order chi connectivity index (χ0) is 32.7. The van der Waals surface area contributed by atoms with Crippen LogP contribution in [0.1, 0.15) is 17.3 Å². The standard InChI is InChI=1S/C31H27F3N6O6/c1-17(41)35-14-20-15-39(31(45)46-20)19-3-4-25(23(33)10-19)37-6-8-38(9-7-37)27-12-26-21(11-24(27)34)29(42)22(30(43)44)16-40(26)28-5-2-18(32)13-36-28/h2-5,10-13,16,20H,6-9,14-15H2,1H3,(H,35,41)(H,43,44). The first-order chi connectivity index (χ1) is 22.0. The Balaban J connectivity index is 1.22. The summed E-state index contributed by atoms with van der Waals surface area (Å²) in [6.07, 6.45) is 0.804. The van der Waals surface area contributed by atoms with Crippen LogP contribution in [0.3, 0.4) is 0 Å². The lowest BCUT2D eigenvalue weighted by Gasteiger charge is -2.37. The largest absolute Gasteiger partial charge is 0.477 e. The normalized spacial score (nSPS) is 16.6. The highest BCUT2D eigenvalue weighted by Crippen LogP contribution is 2.31. The third kappa shape index (κ3) is 5.78. The van der Waals surface area contributed by atoms with Gasteiger partial charge in [0.2, 0.25) is 11.3 Å². The van der Waals surface area contributed by atoms with Crippen LogP contribution in [0.25, 0.3) is 16.7 Å². The SMILES string of the molecule is CC(=O)NCC1CN(c2ccc(N3CCN(c4cc5c(cc4F)c(=O)c(C(=O)O)cn5-c4ccc(F)cn4)CC3)c(F)c2)C(=O)O1. The van der Waals surface area contributed by atoms with E-state index in [1.54, 1.807) is 21.9 Å². The summed E-state index contributed by atoms with van der Waals surface area (Å²) in [4.78, 5) is 57.0. The molecular formula is C31H27F3N6O6. The number of benzene rings is 2. The quantitative estimate of drug-likeness (QED) is 0.313. The summed E-state index contributed by atoms with van der Waals surface area (Å²) in [5.74, 6) is -3.56. The van der Waals surface area contributed by atoms with Crippen LogP contribution in [0.5, 0.6) is 0 Å². The molecule has 2 N–H and O–H groups in total. The van der Waals surface area contributed by atoms with Gasteiger partial charge in [-0.25, -0.2) is 27.7 Å². The Morgan fingerprint density at radius 2 is 1.67 bits per heavy atom. The number of halogens is 3. The Labute approximate surface area is 259 Å². The molecule has 2 aliphatic heterocycles. The van der Waals surface area contributed by atoms with Gasteiger partial charge in [-0.05, 0) is 42.5 Å². The first kappa shape index (κ1) is 30.4. The number of amides is 2. The molecular weight excluding hydrogens is 609 g/mol. The summed E-state index contributed by atoms with van der Waals surface area (Å²) >= 11 is 0. The first-order valence-corrected chi connectivity index (χ1v) is 14.3. The number of fused-ring (bicyclic) bond motifs is 1. The smallest absolute Gasteiger partial charge is 0.414 e. The molecule has 238 valence electrons. The molecule has 0 radical (unpaired) electrons. The minimum atomic E-state index is -1.50. The number of carboxylic acid groups (broad SMARTS) is 1. The molecule has 0 spiro atoms. The number of carbonyl (C=O) groups excluding carboxylic acids is 2. The number of nitrogens with zero attached hydrogens (tertiary/aromatic N) is 5. The van der Waals surface area contributed by atoms with Crippen molar-refractivity contribution >= 4 is 45.9 Å². The van der Waals surface area contributed by atoms with Gasteiger partial charge in [-0.15, -0.1) is 0 Å². The van der Waals surface area contributed by atoms with E-state index in [0.29, 0.717) is 24.5 Å². The number of nitrogens with one attached hydrogen (secondary N) is 1. The molecule has 4 heterocycles. The Morgan fingerprint density at radius 1 is 0.978 bits per heavy atom. The van der Waals surface area contributed by atoms with Crippen LogP contribution in [0.4, 0.5) is 35.0 Å². The highest BCUT2D eigenvalue weighted by Gasteiger charge is 2.33. The van der Waals surface area contributed by atoms with Gasteiger partial charge in [0, 0.05) is 39.3 Å². The van der Waals surface area contributed by atoms with Gasteiger partial charge in [-0.1, -0.05) is 0 Å². The van der Waals surface area contributed by atoms with Crippen LogP contribution in [0, 0.1) is 17.5 Å². The number of piperazine rings is 1. The molecule has 0 saturated carbocycles. The summed E-state index contributed by atoms with van der Waals surface area (Å²) in [5, 5.41) is 12.0. The molecule has 0 aliphatic carbocycles. The first-order valence-electron chi connectivity index (χ1n) is 14.3. The number of hydrogen-bond donors (Lipinski definition) is 2. The number of anilines is 3. The van der Waals surface area contributed by atoms with Crippen molar-refractivity contribution in [3.05, 3.63) is 88.1 Å². The van der Waals surface area contributed by atoms with E-state index in [2.05, 4.69) is 10.3 Å². The van der Waals surface area contributed by atoms with Crippen molar-refractivity contribution in [2.24, 2.45) is 0 Å². The highest BCUT2D eigenvalue weighted by molar-refractivity contribution is 5.94. The average molecular weight is 637 g/mol. The molecule has 15 heteroatoms. The van der Waals surface area contributed by atoms with Gasteiger partial charge in [0.1, 0.15) is 34.9 Å². The summed E-state index contributed by atoms with van der Waals surface area (Å²) in [5.41, 5.74) is -0.556. The second-order valence-corrected chi connectivity index (χ2v) is 10.9. The van der Waals surface area contributed by atoms with Crippen LogP contribution >= 0.6 is 0 Å². The molecule has 2 saturated heterocycles. The Hall–Kier alpha value is -5.60. The molecule has 12 nitrogen and oxygen atoms in total. The maximum atomic E-state index is 15.5. The molecule has 2 aliphatic rings. The predicted octanol–water partition coefficient (Wildman–Crippen LogP) is 3.29. The molecule has 4 aromatic rings. The fourth-order valence-corrected chi connectivity index (χ4v) is 5.63. The second-order valence-electron chi connectivity index (χ2n) is 10.9. The number of carbonyl (C=O) groups is 3. The second kappa shape index (κ2) is 12.1. The number of ether oxygens (including phenoxy) is 1. The number of carboxylic acids is 1. The highest BCUT2D eigenvalue weighted by atomic mass is 19.1. The zero-order valence-electron chi connectivity index (χ0n) is 24.4. The van der Waals surface area contributed by atoms with Crippen molar-refractivity contribution in [2.45, 2.75) is 13.0 Å². The number of aromatic nitrogens is 2. The maximum Gasteiger partial charge on any atom is 0.414 e. The number of rotatable bonds is 7. The van der Waals surface area contributed by atoms with Crippen LogP contribution < -0.4 is 25.4 Å². The molecule has 2 aromatic heterocycles. The Bertz CT molecular complexity index is 1930. The minimum absolute atomic E-state index is 0.126. The summed E-state index contributed by atoms with van der Waals surface area (Å²) in [6.45, 7) is 2.82. The van der Waals surface area contributed by atoms with Crippen molar-refractivity contribution in [1.82, 2.24) is 14.9 Å². The lowest BCUT2D eigenvalue weighted by molar-refractivity contribution is -0.119. The van der Waals surface area contributed by atoms with Crippen molar-refractivity contribution in [3.8, 4) is 5.82 Å². The Kier molecular flexibility index (Phi) is 7.98. The molecule has 1 unspecified atom stereocenters. The van der Waals surface area contributed by atoms with Gasteiger partial charge in [-0.3, -0.25) is 14.5 Å². The maximum absolute atomic E-state index is 15.5. The van der Waals surface area contributed by atoms with Crippen molar-refractivity contribution in [2.75, 3.05) is 54.0 Å².